The van der Waals surface area contributed by atoms with Crippen molar-refractivity contribution in [1.82, 2.24) is 15.5 Å². The number of nitrogens with zero attached hydrogens (tertiary/aromatic N) is 3. The number of carbonyl (C=O) groups excluding carboxylic acids is 2. The monoisotopic (exact) mass is 411 g/mol. The molecule has 2 N–H and O–H groups in total. The zero-order valence-electron chi connectivity index (χ0n) is 14.9. The van der Waals surface area contributed by atoms with Crippen LogP contribution < -0.4 is 10.6 Å². The van der Waals surface area contributed by atoms with E-state index in [0.717, 1.165) is 11.1 Å². The van der Waals surface area contributed by atoms with Gasteiger partial charge in [0.1, 0.15) is 11.0 Å². The van der Waals surface area contributed by atoms with Crippen LogP contribution in [0.5, 0.6) is 0 Å². The standard InChI is InChI=1S/C16H18ClN5O4S/c1-4-12-20-21-16(27-12)19-15(24)13(8(2)3)18-14(23)10-7-9(22(25)26)5-6-11(10)17/h5-8,13H,4H2,1-3H3,(H,18,23)(H,19,21,24)/t13-/m0/s1. The molecular weight excluding hydrogens is 394 g/mol. The van der Waals surface area contributed by atoms with Crippen LogP contribution in [0.15, 0.2) is 18.2 Å². The van der Waals surface area contributed by atoms with E-state index >= 15 is 0 Å². The van der Waals surface area contributed by atoms with Crippen LogP contribution in [-0.4, -0.2) is 33.0 Å². The van der Waals surface area contributed by atoms with Gasteiger partial charge in [0.2, 0.25) is 11.0 Å². The van der Waals surface area contributed by atoms with E-state index in [4.69, 9.17) is 11.6 Å². The second-order valence-corrected chi connectivity index (χ2v) is 7.43. The first-order chi connectivity index (χ1) is 12.7. The number of nitro groups is 1. The molecule has 1 heterocycles. The number of carbonyl (C=O) groups is 2. The topological polar surface area (TPSA) is 127 Å². The average molecular weight is 412 g/mol. The van der Waals surface area contributed by atoms with Crippen LogP contribution in [0.25, 0.3) is 0 Å². The fourth-order valence-corrected chi connectivity index (χ4v) is 3.07. The van der Waals surface area contributed by atoms with Crippen molar-refractivity contribution in [3.8, 4) is 0 Å². The Morgan fingerprint density at radius 3 is 2.59 bits per heavy atom. The van der Waals surface area contributed by atoms with Gasteiger partial charge in [0.15, 0.2) is 0 Å². The molecule has 0 bridgehead atoms. The number of rotatable bonds is 7. The quantitative estimate of drug-likeness (QED) is 0.532. The number of nitro benzene ring substituents is 1. The summed E-state index contributed by atoms with van der Waals surface area (Å²) in [5, 5.41) is 25.1. The summed E-state index contributed by atoms with van der Waals surface area (Å²) in [7, 11) is 0. The molecule has 2 aromatic rings. The van der Waals surface area contributed by atoms with Crippen LogP contribution in [0.2, 0.25) is 5.02 Å². The molecule has 0 fully saturated rings. The summed E-state index contributed by atoms with van der Waals surface area (Å²) >= 11 is 7.24. The van der Waals surface area contributed by atoms with Crippen LogP contribution in [-0.2, 0) is 11.2 Å². The fourth-order valence-electron chi connectivity index (χ4n) is 2.18. The highest BCUT2D eigenvalue weighted by Crippen LogP contribution is 2.23. The Labute approximate surface area is 164 Å². The lowest BCUT2D eigenvalue weighted by Gasteiger charge is -2.21. The van der Waals surface area contributed by atoms with Gasteiger partial charge >= 0.3 is 0 Å². The molecule has 27 heavy (non-hydrogen) atoms. The van der Waals surface area contributed by atoms with Crippen molar-refractivity contribution in [2.75, 3.05) is 5.32 Å². The Hall–Kier alpha value is -2.59. The van der Waals surface area contributed by atoms with Gasteiger partial charge in [-0.05, 0) is 18.4 Å². The van der Waals surface area contributed by atoms with Crippen molar-refractivity contribution in [3.05, 3.63) is 43.9 Å². The van der Waals surface area contributed by atoms with Gasteiger partial charge in [0.05, 0.1) is 15.5 Å². The lowest BCUT2D eigenvalue weighted by molar-refractivity contribution is -0.384. The minimum atomic E-state index is -0.887. The molecule has 0 spiro atoms. The average Bonchev–Trinajstić information content (AvgIpc) is 3.06. The van der Waals surface area contributed by atoms with Crippen LogP contribution in [0.3, 0.4) is 0 Å². The summed E-state index contributed by atoms with van der Waals surface area (Å²) < 4.78 is 0. The van der Waals surface area contributed by atoms with Gasteiger partial charge in [-0.3, -0.25) is 25.0 Å². The normalized spacial score (nSPS) is 11.9. The van der Waals surface area contributed by atoms with Gasteiger partial charge in [-0.25, -0.2) is 0 Å². The largest absolute Gasteiger partial charge is 0.340 e. The molecule has 2 amide bonds. The summed E-state index contributed by atoms with van der Waals surface area (Å²) in [5.41, 5.74) is -0.343. The van der Waals surface area contributed by atoms with Crippen LogP contribution in [0.1, 0.15) is 36.1 Å². The van der Waals surface area contributed by atoms with E-state index in [2.05, 4.69) is 20.8 Å². The molecule has 0 saturated heterocycles. The lowest BCUT2D eigenvalue weighted by Crippen LogP contribution is -2.47. The van der Waals surface area contributed by atoms with E-state index in [1.165, 1.54) is 23.5 Å². The molecule has 0 radical (unpaired) electrons. The Kier molecular flexibility index (Phi) is 6.81. The van der Waals surface area contributed by atoms with Gasteiger partial charge in [-0.2, -0.15) is 0 Å². The maximum Gasteiger partial charge on any atom is 0.270 e. The van der Waals surface area contributed by atoms with Crippen LogP contribution in [0.4, 0.5) is 10.8 Å². The van der Waals surface area contributed by atoms with Crippen molar-refractivity contribution < 1.29 is 14.5 Å². The summed E-state index contributed by atoms with van der Waals surface area (Å²) in [6.07, 6.45) is 0.698. The highest BCUT2D eigenvalue weighted by molar-refractivity contribution is 7.15. The number of halogens is 1. The first-order valence-electron chi connectivity index (χ1n) is 8.11. The van der Waals surface area contributed by atoms with Crippen LogP contribution >= 0.6 is 22.9 Å². The number of aromatic nitrogens is 2. The van der Waals surface area contributed by atoms with E-state index in [0.29, 0.717) is 11.6 Å². The van der Waals surface area contributed by atoms with E-state index in [9.17, 15) is 19.7 Å². The number of hydrogen-bond acceptors (Lipinski definition) is 7. The second kappa shape index (κ2) is 8.87. The summed E-state index contributed by atoms with van der Waals surface area (Å²) in [6.45, 7) is 5.44. The molecule has 0 aliphatic rings. The zero-order chi connectivity index (χ0) is 20.1. The maximum absolute atomic E-state index is 12.6. The Balaban J connectivity index is 2.17. The van der Waals surface area contributed by atoms with Crippen molar-refractivity contribution >= 4 is 45.6 Å². The summed E-state index contributed by atoms with van der Waals surface area (Å²) in [6, 6.07) is 2.66. The SMILES string of the molecule is CCc1nnc(NC(=O)[C@@H](NC(=O)c2cc([N+](=O)[O-])ccc2Cl)C(C)C)s1. The van der Waals surface area contributed by atoms with E-state index in [-0.39, 0.29) is 22.2 Å². The van der Waals surface area contributed by atoms with Gasteiger partial charge in [-0.15, -0.1) is 10.2 Å². The van der Waals surface area contributed by atoms with Crippen molar-refractivity contribution in [1.29, 1.82) is 0 Å². The van der Waals surface area contributed by atoms with Crippen molar-refractivity contribution in [2.45, 2.75) is 33.2 Å². The molecule has 0 aliphatic heterocycles. The predicted octanol–water partition coefficient (Wildman–Crippen LogP) is 3.06. The molecule has 9 nitrogen and oxygen atoms in total. The molecule has 1 aromatic carbocycles. The number of hydrogen-bond donors (Lipinski definition) is 2. The molecule has 0 saturated carbocycles. The zero-order valence-corrected chi connectivity index (χ0v) is 16.4. The van der Waals surface area contributed by atoms with E-state index < -0.39 is 22.8 Å². The number of benzene rings is 1. The minimum Gasteiger partial charge on any atom is -0.340 e. The molecule has 2 rings (SSSR count). The smallest absolute Gasteiger partial charge is 0.270 e. The van der Waals surface area contributed by atoms with Crippen molar-refractivity contribution in [2.24, 2.45) is 5.92 Å². The first-order valence-corrected chi connectivity index (χ1v) is 9.30. The predicted molar refractivity (Wildman–Crippen MR) is 102 cm³/mol. The molecule has 0 aliphatic carbocycles. The molecular formula is C16H18ClN5O4S. The number of amides is 2. The Bertz CT molecular complexity index is 870. The highest BCUT2D eigenvalue weighted by atomic mass is 35.5. The second-order valence-electron chi connectivity index (χ2n) is 5.96. The van der Waals surface area contributed by atoms with E-state index in [1.807, 2.05) is 6.92 Å². The van der Waals surface area contributed by atoms with Crippen LogP contribution in [0, 0.1) is 16.0 Å². The Morgan fingerprint density at radius 2 is 2.04 bits per heavy atom. The molecule has 11 heteroatoms. The third-order valence-electron chi connectivity index (χ3n) is 3.64. The van der Waals surface area contributed by atoms with Crippen molar-refractivity contribution in [3.63, 3.8) is 0 Å². The van der Waals surface area contributed by atoms with Gasteiger partial charge in [0.25, 0.3) is 11.6 Å². The van der Waals surface area contributed by atoms with Gasteiger partial charge in [-0.1, -0.05) is 43.7 Å². The maximum atomic E-state index is 12.6. The number of aryl methyl sites for hydroxylation is 1. The minimum absolute atomic E-state index is 0.0534. The lowest BCUT2D eigenvalue weighted by atomic mass is 10.0. The highest BCUT2D eigenvalue weighted by Gasteiger charge is 2.27. The number of non-ortho nitro benzene ring substituents is 1. The third-order valence-corrected chi connectivity index (χ3v) is 4.95. The number of anilines is 1. The molecule has 144 valence electrons. The summed E-state index contributed by atoms with van der Waals surface area (Å²) in [5.74, 6) is -1.38. The molecule has 1 atom stereocenters. The summed E-state index contributed by atoms with van der Waals surface area (Å²) in [4.78, 5) is 35.4. The molecule has 0 unspecified atom stereocenters. The first kappa shape index (κ1) is 20.7. The Morgan fingerprint density at radius 1 is 1.33 bits per heavy atom. The van der Waals surface area contributed by atoms with Gasteiger partial charge < -0.3 is 5.32 Å². The fraction of sp³-hybridized carbons (Fsp3) is 0.375. The van der Waals surface area contributed by atoms with Gasteiger partial charge in [0, 0.05) is 12.1 Å². The third kappa shape index (κ3) is 5.20. The molecule has 1 aromatic heterocycles. The number of nitrogens with one attached hydrogen (secondary N) is 2. The van der Waals surface area contributed by atoms with E-state index in [1.54, 1.807) is 13.8 Å².